The third-order valence-electron chi connectivity index (χ3n) is 4.78. The number of hydrogen-bond acceptors (Lipinski definition) is 6. The van der Waals surface area contributed by atoms with Crippen LogP contribution in [0, 0.1) is 5.82 Å². The van der Waals surface area contributed by atoms with Gasteiger partial charge in [-0.3, -0.25) is 0 Å². The Morgan fingerprint density at radius 3 is 2.63 bits per heavy atom. The van der Waals surface area contributed by atoms with Gasteiger partial charge in [0.1, 0.15) is 18.0 Å². The van der Waals surface area contributed by atoms with Crippen molar-refractivity contribution in [3.05, 3.63) is 40.5 Å². The van der Waals surface area contributed by atoms with Crippen LogP contribution >= 0.6 is 15.9 Å². The second-order valence-electron chi connectivity index (χ2n) is 7.14. The fourth-order valence-electron chi connectivity index (χ4n) is 3.32. The summed E-state index contributed by atoms with van der Waals surface area (Å²) in [4.78, 5) is 14.8. The number of aromatic nitrogens is 4. The van der Waals surface area contributed by atoms with Gasteiger partial charge in [-0.15, -0.1) is 0 Å². The maximum Gasteiger partial charge on any atom is 0.263 e. The van der Waals surface area contributed by atoms with Crippen LogP contribution in [0.25, 0.3) is 10.9 Å². The summed E-state index contributed by atoms with van der Waals surface area (Å²) in [6.45, 7) is 4.09. The van der Waals surface area contributed by atoms with Crippen molar-refractivity contribution in [1.29, 1.82) is 0 Å². The van der Waals surface area contributed by atoms with E-state index in [0.29, 0.717) is 35.6 Å². The van der Waals surface area contributed by atoms with Crippen LogP contribution < -0.4 is 4.90 Å². The van der Waals surface area contributed by atoms with Gasteiger partial charge >= 0.3 is 0 Å². The van der Waals surface area contributed by atoms with Crippen LogP contribution in [0.3, 0.4) is 0 Å². The molecule has 0 saturated carbocycles. The Hall–Kier alpha value is -2.16. The second-order valence-corrected chi connectivity index (χ2v) is 8.00. The summed E-state index contributed by atoms with van der Waals surface area (Å²) in [5.41, 5.74) is -1.10. The Kier molecular flexibility index (Phi) is 4.57. The minimum absolute atomic E-state index is 0.00588. The molecular formula is C18H18BrF2N5O. The number of fused-ring (bicyclic) bond motifs is 1. The summed E-state index contributed by atoms with van der Waals surface area (Å²) in [5, 5.41) is 4.35. The minimum Gasteiger partial charge on any atom is -0.356 e. The molecule has 0 radical (unpaired) electrons. The minimum atomic E-state index is -1.66. The SMILES string of the molecule is CC(C)(F)c1nc(C2CCN(c3ncnc4c(Br)ccc(F)c34)CC2)no1. The molecule has 1 saturated heterocycles. The largest absolute Gasteiger partial charge is 0.356 e. The Labute approximate surface area is 163 Å². The van der Waals surface area contributed by atoms with E-state index in [1.165, 1.54) is 26.2 Å². The first kappa shape index (κ1) is 18.2. The smallest absolute Gasteiger partial charge is 0.263 e. The molecule has 27 heavy (non-hydrogen) atoms. The molecule has 0 unspecified atom stereocenters. The van der Waals surface area contributed by atoms with Gasteiger partial charge in [-0.05, 0) is 54.8 Å². The number of rotatable bonds is 3. The molecule has 1 fully saturated rings. The maximum absolute atomic E-state index is 14.4. The molecule has 142 valence electrons. The number of piperidine rings is 1. The summed E-state index contributed by atoms with van der Waals surface area (Å²) in [7, 11) is 0. The third-order valence-corrected chi connectivity index (χ3v) is 5.42. The molecule has 0 atom stereocenters. The van der Waals surface area contributed by atoms with E-state index < -0.39 is 5.67 Å². The van der Waals surface area contributed by atoms with Crippen molar-refractivity contribution >= 4 is 32.7 Å². The lowest BCUT2D eigenvalue weighted by Gasteiger charge is -2.32. The summed E-state index contributed by atoms with van der Waals surface area (Å²) in [6.07, 6.45) is 2.93. The molecule has 6 nitrogen and oxygen atoms in total. The molecule has 4 rings (SSSR count). The molecule has 1 aliphatic rings. The van der Waals surface area contributed by atoms with Crippen molar-refractivity contribution in [2.24, 2.45) is 0 Å². The van der Waals surface area contributed by atoms with Gasteiger partial charge < -0.3 is 9.42 Å². The van der Waals surface area contributed by atoms with Crippen LogP contribution in [0.1, 0.15) is 44.3 Å². The molecule has 3 aromatic rings. The van der Waals surface area contributed by atoms with Crippen LogP contribution in [0.5, 0.6) is 0 Å². The Bertz CT molecular complexity index is 980. The highest BCUT2D eigenvalue weighted by Crippen LogP contribution is 2.35. The fraction of sp³-hybridized carbons (Fsp3) is 0.444. The van der Waals surface area contributed by atoms with E-state index in [4.69, 9.17) is 4.52 Å². The van der Waals surface area contributed by atoms with E-state index in [1.807, 2.05) is 4.90 Å². The number of nitrogens with zero attached hydrogens (tertiary/aromatic N) is 5. The van der Waals surface area contributed by atoms with Crippen LogP contribution in [0.4, 0.5) is 14.6 Å². The molecule has 2 aromatic heterocycles. The van der Waals surface area contributed by atoms with Gasteiger partial charge in [0, 0.05) is 23.5 Å². The molecule has 9 heteroatoms. The second kappa shape index (κ2) is 6.78. The molecule has 3 heterocycles. The highest BCUT2D eigenvalue weighted by molar-refractivity contribution is 9.10. The van der Waals surface area contributed by atoms with Crippen LogP contribution in [-0.2, 0) is 5.67 Å². The molecule has 0 N–H and O–H groups in total. The Morgan fingerprint density at radius 1 is 1.22 bits per heavy atom. The summed E-state index contributed by atoms with van der Waals surface area (Å²) >= 11 is 3.41. The van der Waals surface area contributed by atoms with E-state index in [2.05, 4.69) is 36.0 Å². The van der Waals surface area contributed by atoms with Crippen LogP contribution in [-0.4, -0.2) is 33.2 Å². The maximum atomic E-state index is 14.4. The highest BCUT2D eigenvalue weighted by atomic mass is 79.9. The van der Waals surface area contributed by atoms with E-state index in [-0.39, 0.29) is 17.6 Å². The Morgan fingerprint density at radius 2 is 1.96 bits per heavy atom. The summed E-state index contributed by atoms with van der Waals surface area (Å²) in [6, 6.07) is 3.05. The normalized spacial score (nSPS) is 16.3. The van der Waals surface area contributed by atoms with Gasteiger partial charge in [0.2, 0.25) is 0 Å². The first-order valence-corrected chi connectivity index (χ1v) is 9.50. The zero-order chi connectivity index (χ0) is 19.2. The standard InChI is InChI=1S/C18H18BrF2N5O/c1-18(2,21)17-24-15(25-27-17)10-5-7-26(8-6-10)16-13-12(20)4-3-11(19)14(13)22-9-23-16/h3-4,9-10H,5-8H2,1-2H3. The average Bonchev–Trinajstić information content (AvgIpc) is 3.15. The lowest BCUT2D eigenvalue weighted by molar-refractivity contribution is 0.155. The predicted octanol–water partition coefficient (Wildman–Crippen LogP) is 4.50. The van der Waals surface area contributed by atoms with Gasteiger partial charge in [0.25, 0.3) is 5.89 Å². The molecule has 0 spiro atoms. The van der Waals surface area contributed by atoms with Gasteiger partial charge in [0.05, 0.1) is 10.9 Å². The molecule has 0 aliphatic carbocycles. The van der Waals surface area contributed by atoms with E-state index in [9.17, 15) is 8.78 Å². The van der Waals surface area contributed by atoms with Crippen molar-refractivity contribution < 1.29 is 13.3 Å². The number of halogens is 3. The van der Waals surface area contributed by atoms with E-state index in [1.54, 1.807) is 6.07 Å². The van der Waals surface area contributed by atoms with Crippen LogP contribution in [0.15, 0.2) is 27.5 Å². The van der Waals surface area contributed by atoms with Crippen molar-refractivity contribution in [3.8, 4) is 0 Å². The first-order chi connectivity index (χ1) is 12.8. The predicted molar refractivity (Wildman–Crippen MR) is 99.8 cm³/mol. The van der Waals surface area contributed by atoms with Gasteiger partial charge in [0.15, 0.2) is 11.5 Å². The molecule has 1 aromatic carbocycles. The lowest BCUT2D eigenvalue weighted by Crippen LogP contribution is -2.34. The van der Waals surface area contributed by atoms with Gasteiger partial charge in [-0.1, -0.05) is 5.16 Å². The molecule has 0 bridgehead atoms. The number of alkyl halides is 1. The van der Waals surface area contributed by atoms with Crippen molar-refractivity contribution in [3.63, 3.8) is 0 Å². The summed E-state index contributed by atoms with van der Waals surface area (Å²) in [5.74, 6) is 0.825. The first-order valence-electron chi connectivity index (χ1n) is 8.71. The fourth-order valence-corrected chi connectivity index (χ4v) is 3.75. The quantitative estimate of drug-likeness (QED) is 0.600. The Balaban J connectivity index is 1.56. The molecule has 0 amide bonds. The zero-order valence-electron chi connectivity index (χ0n) is 14.9. The van der Waals surface area contributed by atoms with Crippen molar-refractivity contribution in [2.45, 2.75) is 38.3 Å². The molecular weight excluding hydrogens is 420 g/mol. The van der Waals surface area contributed by atoms with Crippen molar-refractivity contribution in [2.75, 3.05) is 18.0 Å². The van der Waals surface area contributed by atoms with Gasteiger partial charge in [-0.25, -0.2) is 18.7 Å². The topological polar surface area (TPSA) is 67.9 Å². The molecule has 1 aliphatic heterocycles. The number of hydrogen-bond donors (Lipinski definition) is 0. The average molecular weight is 438 g/mol. The lowest BCUT2D eigenvalue weighted by atomic mass is 9.96. The van der Waals surface area contributed by atoms with Crippen LogP contribution in [0.2, 0.25) is 0 Å². The zero-order valence-corrected chi connectivity index (χ0v) is 16.5. The number of anilines is 1. The van der Waals surface area contributed by atoms with Crippen molar-refractivity contribution in [1.82, 2.24) is 20.1 Å². The van der Waals surface area contributed by atoms with E-state index >= 15 is 0 Å². The van der Waals surface area contributed by atoms with E-state index in [0.717, 1.165) is 17.3 Å². The van der Waals surface area contributed by atoms with Gasteiger partial charge in [-0.2, -0.15) is 4.98 Å². The monoisotopic (exact) mass is 437 g/mol. The summed E-state index contributed by atoms with van der Waals surface area (Å²) < 4.78 is 34.2. The third kappa shape index (κ3) is 3.40. The number of benzene rings is 1. The highest BCUT2D eigenvalue weighted by Gasteiger charge is 2.31.